The van der Waals surface area contributed by atoms with Gasteiger partial charge < -0.3 is 4.74 Å². The minimum absolute atomic E-state index is 0.399. The highest BCUT2D eigenvalue weighted by Crippen LogP contribution is 2.35. The molecule has 16 heavy (non-hydrogen) atoms. The van der Waals surface area contributed by atoms with Crippen molar-refractivity contribution >= 4 is 5.97 Å². The monoisotopic (exact) mass is 216 g/mol. The summed E-state index contributed by atoms with van der Waals surface area (Å²) in [6.45, 7) is 3.38. The van der Waals surface area contributed by atoms with Gasteiger partial charge in [0.25, 0.3) is 0 Å². The van der Waals surface area contributed by atoms with Crippen molar-refractivity contribution < 1.29 is 9.53 Å². The molecule has 2 rings (SSSR count). The van der Waals surface area contributed by atoms with Gasteiger partial charge in [0.2, 0.25) is 0 Å². The van der Waals surface area contributed by atoms with Crippen LogP contribution in [0, 0.1) is 0 Å². The van der Waals surface area contributed by atoms with Gasteiger partial charge in [0, 0.05) is 6.08 Å². The lowest BCUT2D eigenvalue weighted by Crippen LogP contribution is -2.03. The van der Waals surface area contributed by atoms with E-state index in [9.17, 15) is 4.79 Å². The summed E-state index contributed by atoms with van der Waals surface area (Å²) in [6.07, 6.45) is 6.29. The van der Waals surface area contributed by atoms with Gasteiger partial charge in [-0.25, -0.2) is 4.79 Å². The fourth-order valence-electron chi connectivity index (χ4n) is 2.25. The Morgan fingerprint density at radius 3 is 2.81 bits per heavy atom. The van der Waals surface area contributed by atoms with Gasteiger partial charge in [-0.3, -0.25) is 0 Å². The van der Waals surface area contributed by atoms with Crippen LogP contribution in [-0.2, 0) is 4.79 Å². The van der Waals surface area contributed by atoms with E-state index in [0.717, 1.165) is 0 Å². The number of benzene rings is 1. The van der Waals surface area contributed by atoms with Crippen LogP contribution in [0.15, 0.2) is 36.9 Å². The molecule has 0 bridgehead atoms. The average molecular weight is 216 g/mol. The van der Waals surface area contributed by atoms with Crippen molar-refractivity contribution in [2.75, 3.05) is 0 Å². The van der Waals surface area contributed by atoms with Gasteiger partial charge in [0.1, 0.15) is 5.75 Å². The van der Waals surface area contributed by atoms with Crippen LogP contribution in [0.4, 0.5) is 0 Å². The van der Waals surface area contributed by atoms with Crippen molar-refractivity contribution in [3.05, 3.63) is 42.5 Å². The lowest BCUT2D eigenvalue weighted by molar-refractivity contribution is -0.128. The average Bonchev–Trinajstić information content (AvgIpc) is 2.83. The topological polar surface area (TPSA) is 26.3 Å². The van der Waals surface area contributed by atoms with E-state index in [1.54, 1.807) is 6.07 Å². The molecule has 0 N–H and O–H groups in total. The number of carbonyl (C=O) groups excluding carboxylic acids is 1. The standard InChI is InChI=1S/C14H16O2/c1-2-14(15)16-13-9-5-8-12(10-13)11-6-3-4-7-11/h2,5,8-11H,1,3-4,6-7H2. The molecule has 0 atom stereocenters. The largest absolute Gasteiger partial charge is 0.423 e. The summed E-state index contributed by atoms with van der Waals surface area (Å²) >= 11 is 0. The van der Waals surface area contributed by atoms with Crippen LogP contribution >= 0.6 is 0 Å². The molecule has 0 heterocycles. The third kappa shape index (κ3) is 2.51. The number of hydrogen-bond donors (Lipinski definition) is 0. The van der Waals surface area contributed by atoms with Crippen molar-refractivity contribution in [3.63, 3.8) is 0 Å². The van der Waals surface area contributed by atoms with E-state index in [4.69, 9.17) is 4.74 Å². The molecule has 0 amide bonds. The Bertz CT molecular complexity index is 389. The minimum Gasteiger partial charge on any atom is -0.423 e. The van der Waals surface area contributed by atoms with Crippen LogP contribution in [0.1, 0.15) is 37.2 Å². The predicted molar refractivity (Wildman–Crippen MR) is 63.5 cm³/mol. The lowest BCUT2D eigenvalue weighted by atomic mass is 9.98. The van der Waals surface area contributed by atoms with E-state index in [1.165, 1.54) is 37.3 Å². The SMILES string of the molecule is C=CC(=O)Oc1cccc(C2CCCC2)c1. The zero-order chi connectivity index (χ0) is 11.4. The van der Waals surface area contributed by atoms with Gasteiger partial charge in [-0.2, -0.15) is 0 Å². The second-order valence-corrected chi connectivity index (χ2v) is 4.18. The summed E-state index contributed by atoms with van der Waals surface area (Å²) in [4.78, 5) is 11.1. The lowest BCUT2D eigenvalue weighted by Gasteiger charge is -2.10. The Labute approximate surface area is 95.9 Å². The summed E-state index contributed by atoms with van der Waals surface area (Å²) in [7, 11) is 0. The van der Waals surface area contributed by atoms with E-state index in [-0.39, 0.29) is 0 Å². The zero-order valence-electron chi connectivity index (χ0n) is 9.32. The second-order valence-electron chi connectivity index (χ2n) is 4.18. The number of hydrogen-bond acceptors (Lipinski definition) is 2. The molecule has 84 valence electrons. The summed E-state index contributed by atoms with van der Waals surface area (Å²) in [5, 5.41) is 0. The van der Waals surface area contributed by atoms with Crippen molar-refractivity contribution in [2.24, 2.45) is 0 Å². The molecule has 0 radical (unpaired) electrons. The molecule has 2 nitrogen and oxygen atoms in total. The van der Waals surface area contributed by atoms with E-state index < -0.39 is 5.97 Å². The highest BCUT2D eigenvalue weighted by molar-refractivity contribution is 5.83. The third-order valence-electron chi connectivity index (χ3n) is 3.07. The first kappa shape index (κ1) is 10.9. The van der Waals surface area contributed by atoms with Gasteiger partial charge in [0.15, 0.2) is 0 Å². The summed E-state index contributed by atoms with van der Waals surface area (Å²) in [5.41, 5.74) is 1.28. The first-order valence-corrected chi connectivity index (χ1v) is 5.74. The first-order chi connectivity index (χ1) is 7.79. The molecule has 0 aliphatic heterocycles. The van der Waals surface area contributed by atoms with Crippen molar-refractivity contribution in [1.29, 1.82) is 0 Å². The molecule has 0 unspecified atom stereocenters. The van der Waals surface area contributed by atoms with Gasteiger partial charge in [-0.1, -0.05) is 31.6 Å². The number of ether oxygens (including phenoxy) is 1. The fraction of sp³-hybridized carbons (Fsp3) is 0.357. The molecule has 0 saturated heterocycles. The van der Waals surface area contributed by atoms with Crippen molar-refractivity contribution in [1.82, 2.24) is 0 Å². The molecule has 1 saturated carbocycles. The van der Waals surface area contributed by atoms with Crippen LogP contribution < -0.4 is 4.74 Å². The van der Waals surface area contributed by atoms with Crippen molar-refractivity contribution in [3.8, 4) is 5.75 Å². The maximum absolute atomic E-state index is 11.1. The minimum atomic E-state index is -0.399. The van der Waals surface area contributed by atoms with Crippen LogP contribution in [0.3, 0.4) is 0 Å². The van der Waals surface area contributed by atoms with E-state index in [0.29, 0.717) is 11.7 Å². The Hall–Kier alpha value is -1.57. The highest BCUT2D eigenvalue weighted by atomic mass is 16.5. The zero-order valence-corrected chi connectivity index (χ0v) is 9.32. The maximum Gasteiger partial charge on any atom is 0.335 e. The third-order valence-corrected chi connectivity index (χ3v) is 3.07. The molecule has 1 aromatic carbocycles. The Morgan fingerprint density at radius 2 is 2.12 bits per heavy atom. The van der Waals surface area contributed by atoms with Gasteiger partial charge in [0.05, 0.1) is 0 Å². The number of rotatable bonds is 3. The molecule has 0 aromatic heterocycles. The number of esters is 1. The molecule has 1 aliphatic rings. The molecule has 0 spiro atoms. The summed E-state index contributed by atoms with van der Waals surface area (Å²) in [5.74, 6) is 0.861. The Kier molecular flexibility index (Phi) is 3.40. The van der Waals surface area contributed by atoms with Crippen LogP contribution in [-0.4, -0.2) is 5.97 Å². The normalized spacial score (nSPS) is 16.0. The molecule has 1 aliphatic carbocycles. The quantitative estimate of drug-likeness (QED) is 0.439. The molecule has 1 fully saturated rings. The molecular formula is C14H16O2. The highest BCUT2D eigenvalue weighted by Gasteiger charge is 2.17. The van der Waals surface area contributed by atoms with Crippen LogP contribution in [0.25, 0.3) is 0 Å². The fourth-order valence-corrected chi connectivity index (χ4v) is 2.25. The molecule has 1 aromatic rings. The Balaban J connectivity index is 2.12. The van der Waals surface area contributed by atoms with Gasteiger partial charge in [-0.15, -0.1) is 0 Å². The smallest absolute Gasteiger partial charge is 0.335 e. The molecular weight excluding hydrogens is 200 g/mol. The van der Waals surface area contributed by atoms with Gasteiger partial charge >= 0.3 is 5.97 Å². The van der Waals surface area contributed by atoms with Crippen molar-refractivity contribution in [2.45, 2.75) is 31.6 Å². The first-order valence-electron chi connectivity index (χ1n) is 5.74. The van der Waals surface area contributed by atoms with Crippen LogP contribution in [0.5, 0.6) is 5.75 Å². The maximum atomic E-state index is 11.1. The van der Waals surface area contributed by atoms with Gasteiger partial charge in [-0.05, 0) is 36.5 Å². The summed E-state index contributed by atoms with van der Waals surface area (Å²) < 4.78 is 5.11. The Morgan fingerprint density at radius 1 is 1.38 bits per heavy atom. The molecule has 2 heteroatoms. The van der Waals surface area contributed by atoms with E-state index >= 15 is 0 Å². The second kappa shape index (κ2) is 4.97. The van der Waals surface area contributed by atoms with E-state index in [1.807, 2.05) is 12.1 Å². The predicted octanol–water partition coefficient (Wildman–Crippen LogP) is 3.44. The summed E-state index contributed by atoms with van der Waals surface area (Å²) in [6, 6.07) is 7.83. The van der Waals surface area contributed by atoms with Crippen LogP contribution in [0.2, 0.25) is 0 Å². The van der Waals surface area contributed by atoms with E-state index in [2.05, 4.69) is 12.6 Å². The number of carbonyl (C=O) groups is 1.